The smallest absolute Gasteiger partial charge is 0.417 e. The Labute approximate surface area is 57.9 Å². The van der Waals surface area contributed by atoms with E-state index in [0.717, 1.165) is 5.56 Å². The van der Waals surface area contributed by atoms with E-state index in [-0.39, 0.29) is 6.61 Å². The number of rotatable bonds is 3. The van der Waals surface area contributed by atoms with Crippen molar-refractivity contribution in [3.05, 3.63) is 24.3 Å². The molecule has 0 fully saturated rings. The number of carbonyl (C=O) groups excluding carboxylic acids is 1. The molecular formula is C6H5N2O2. The molecule has 0 saturated carbocycles. The van der Waals surface area contributed by atoms with Crippen molar-refractivity contribution >= 4 is 6.47 Å². The molecule has 0 bridgehead atoms. The van der Waals surface area contributed by atoms with Crippen LogP contribution in [-0.2, 0) is 16.1 Å². The standard InChI is InChI=1S/C6H5N2O2/c9-5-10-3-6-1-7-4-8-2-6/h1-2,4H,3H2. The van der Waals surface area contributed by atoms with Crippen LogP contribution in [0, 0.1) is 0 Å². The number of ether oxygens (including phenoxy) is 1. The highest BCUT2D eigenvalue weighted by Gasteiger charge is 1.90. The van der Waals surface area contributed by atoms with Crippen molar-refractivity contribution in [2.75, 3.05) is 0 Å². The van der Waals surface area contributed by atoms with Gasteiger partial charge in [0.15, 0.2) is 0 Å². The maximum atomic E-state index is 9.59. The van der Waals surface area contributed by atoms with Crippen LogP contribution < -0.4 is 0 Å². The van der Waals surface area contributed by atoms with Gasteiger partial charge in [0.1, 0.15) is 12.9 Å². The SMILES string of the molecule is O=[C]OCc1cncnc1. The van der Waals surface area contributed by atoms with E-state index in [2.05, 4.69) is 14.7 Å². The maximum absolute atomic E-state index is 9.59. The highest BCUT2D eigenvalue weighted by Crippen LogP contribution is 1.93. The van der Waals surface area contributed by atoms with Crippen LogP contribution in [0.2, 0.25) is 0 Å². The minimum atomic E-state index is 0.185. The van der Waals surface area contributed by atoms with Crippen LogP contribution in [-0.4, -0.2) is 16.4 Å². The zero-order chi connectivity index (χ0) is 7.23. The molecule has 0 aliphatic rings. The number of hydrogen-bond donors (Lipinski definition) is 0. The molecule has 1 aromatic heterocycles. The third-order valence-corrected chi connectivity index (χ3v) is 0.912. The molecule has 1 radical (unpaired) electrons. The molecule has 0 atom stereocenters. The second-order valence-electron chi connectivity index (χ2n) is 1.62. The van der Waals surface area contributed by atoms with E-state index >= 15 is 0 Å². The highest BCUT2D eigenvalue weighted by molar-refractivity contribution is 5.38. The molecule has 0 amide bonds. The van der Waals surface area contributed by atoms with Crippen LogP contribution in [0.1, 0.15) is 5.56 Å². The zero-order valence-electron chi connectivity index (χ0n) is 5.15. The van der Waals surface area contributed by atoms with Crippen molar-refractivity contribution in [3.8, 4) is 0 Å². The van der Waals surface area contributed by atoms with Crippen LogP contribution in [0.5, 0.6) is 0 Å². The molecule has 51 valence electrons. The summed E-state index contributed by atoms with van der Waals surface area (Å²) in [5, 5.41) is 0. The van der Waals surface area contributed by atoms with Gasteiger partial charge in [0, 0.05) is 18.0 Å². The van der Waals surface area contributed by atoms with E-state index in [9.17, 15) is 4.79 Å². The normalized spacial score (nSPS) is 8.80. The highest BCUT2D eigenvalue weighted by atomic mass is 16.5. The van der Waals surface area contributed by atoms with E-state index in [1.54, 1.807) is 12.4 Å². The summed E-state index contributed by atoms with van der Waals surface area (Å²) in [7, 11) is 0. The predicted octanol–water partition coefficient (Wildman–Crippen LogP) is 0.0604. The number of aromatic nitrogens is 2. The molecule has 0 spiro atoms. The average Bonchev–Trinajstić information content (AvgIpc) is 2.03. The summed E-state index contributed by atoms with van der Waals surface area (Å²) in [5.41, 5.74) is 0.755. The quantitative estimate of drug-likeness (QED) is 0.591. The summed E-state index contributed by atoms with van der Waals surface area (Å²) in [6.07, 6.45) is 4.56. The Kier molecular flexibility index (Phi) is 2.37. The van der Waals surface area contributed by atoms with Gasteiger partial charge in [0.05, 0.1) is 0 Å². The van der Waals surface area contributed by atoms with Gasteiger partial charge in [0.2, 0.25) is 0 Å². The fourth-order valence-corrected chi connectivity index (χ4v) is 0.517. The Balaban J connectivity index is 2.50. The lowest BCUT2D eigenvalue weighted by atomic mass is 10.4. The number of nitrogens with zero attached hydrogens (tertiary/aromatic N) is 2. The Bertz CT molecular complexity index is 200. The zero-order valence-corrected chi connectivity index (χ0v) is 5.15. The molecule has 4 heteroatoms. The summed E-state index contributed by atoms with van der Waals surface area (Å²) in [4.78, 5) is 17.0. The maximum Gasteiger partial charge on any atom is 0.417 e. The monoisotopic (exact) mass is 137 g/mol. The summed E-state index contributed by atoms with van der Waals surface area (Å²) >= 11 is 0. The fourth-order valence-electron chi connectivity index (χ4n) is 0.517. The van der Waals surface area contributed by atoms with Crippen molar-refractivity contribution < 1.29 is 9.53 Å². The van der Waals surface area contributed by atoms with E-state index in [4.69, 9.17) is 0 Å². The van der Waals surface area contributed by atoms with Crippen molar-refractivity contribution in [1.82, 2.24) is 9.97 Å². The molecule has 0 aromatic carbocycles. The first-order valence-electron chi connectivity index (χ1n) is 2.66. The molecule has 1 rings (SSSR count). The topological polar surface area (TPSA) is 52.1 Å². The number of hydrogen-bond acceptors (Lipinski definition) is 4. The molecule has 0 unspecified atom stereocenters. The van der Waals surface area contributed by atoms with Crippen molar-refractivity contribution in [2.45, 2.75) is 6.61 Å². The minimum absolute atomic E-state index is 0.185. The molecule has 1 aromatic rings. The summed E-state index contributed by atoms with van der Waals surface area (Å²) < 4.78 is 4.33. The first kappa shape index (κ1) is 6.67. The lowest BCUT2D eigenvalue weighted by molar-refractivity contribution is 0.266. The molecule has 0 N–H and O–H groups in total. The van der Waals surface area contributed by atoms with Crippen molar-refractivity contribution in [1.29, 1.82) is 0 Å². The second kappa shape index (κ2) is 3.55. The molecule has 0 aliphatic carbocycles. The Morgan fingerprint density at radius 2 is 2.20 bits per heavy atom. The van der Waals surface area contributed by atoms with E-state index < -0.39 is 0 Å². The Morgan fingerprint density at radius 3 is 2.80 bits per heavy atom. The third-order valence-electron chi connectivity index (χ3n) is 0.912. The van der Waals surface area contributed by atoms with E-state index in [0.29, 0.717) is 0 Å². The largest absolute Gasteiger partial charge is 0.452 e. The second-order valence-corrected chi connectivity index (χ2v) is 1.62. The summed E-state index contributed by atoms with van der Waals surface area (Å²) in [6.45, 7) is 1.50. The summed E-state index contributed by atoms with van der Waals surface area (Å²) in [6, 6.07) is 0. The van der Waals surface area contributed by atoms with Crippen LogP contribution in [0.25, 0.3) is 0 Å². The van der Waals surface area contributed by atoms with Gasteiger partial charge in [-0.15, -0.1) is 0 Å². The average molecular weight is 137 g/mol. The van der Waals surface area contributed by atoms with Crippen molar-refractivity contribution in [2.24, 2.45) is 0 Å². The van der Waals surface area contributed by atoms with Crippen molar-refractivity contribution in [3.63, 3.8) is 0 Å². The van der Waals surface area contributed by atoms with Gasteiger partial charge in [-0.25, -0.2) is 14.8 Å². The van der Waals surface area contributed by atoms with E-state index in [1.165, 1.54) is 12.8 Å². The van der Waals surface area contributed by atoms with Gasteiger partial charge in [-0.3, -0.25) is 0 Å². The van der Waals surface area contributed by atoms with Gasteiger partial charge < -0.3 is 4.74 Å². The molecule has 1 heterocycles. The predicted molar refractivity (Wildman–Crippen MR) is 32.5 cm³/mol. The molecular weight excluding hydrogens is 132 g/mol. The summed E-state index contributed by atoms with van der Waals surface area (Å²) in [5.74, 6) is 0. The van der Waals surface area contributed by atoms with Gasteiger partial charge in [-0.05, 0) is 0 Å². The lowest BCUT2D eigenvalue weighted by Gasteiger charge is -1.93. The molecule has 10 heavy (non-hydrogen) atoms. The van der Waals surface area contributed by atoms with E-state index in [1.807, 2.05) is 0 Å². The Hall–Kier alpha value is -1.45. The van der Waals surface area contributed by atoms with Gasteiger partial charge in [-0.1, -0.05) is 0 Å². The molecule has 0 saturated heterocycles. The van der Waals surface area contributed by atoms with Gasteiger partial charge in [0.25, 0.3) is 0 Å². The lowest BCUT2D eigenvalue weighted by Crippen LogP contribution is -1.91. The van der Waals surface area contributed by atoms with Crippen LogP contribution in [0.3, 0.4) is 0 Å². The fraction of sp³-hybridized carbons (Fsp3) is 0.167. The first-order chi connectivity index (χ1) is 4.93. The molecule has 0 aliphatic heterocycles. The first-order valence-corrected chi connectivity index (χ1v) is 2.66. The van der Waals surface area contributed by atoms with Crippen LogP contribution in [0.15, 0.2) is 18.7 Å². The third kappa shape index (κ3) is 1.81. The van der Waals surface area contributed by atoms with Gasteiger partial charge in [-0.2, -0.15) is 0 Å². The molecule has 4 nitrogen and oxygen atoms in total. The van der Waals surface area contributed by atoms with Crippen LogP contribution >= 0.6 is 0 Å². The minimum Gasteiger partial charge on any atom is -0.452 e. The Morgan fingerprint density at radius 1 is 1.50 bits per heavy atom. The van der Waals surface area contributed by atoms with Crippen LogP contribution in [0.4, 0.5) is 0 Å². The van der Waals surface area contributed by atoms with Gasteiger partial charge >= 0.3 is 6.47 Å².